The molecule has 0 N–H and O–H groups in total. The number of rotatable bonds is 1. The molecule has 1 heterocycles. The lowest BCUT2D eigenvalue weighted by atomic mass is 10.2. The fourth-order valence-corrected chi connectivity index (χ4v) is 1.81. The summed E-state index contributed by atoms with van der Waals surface area (Å²) in [6.07, 6.45) is -0.609. The van der Waals surface area contributed by atoms with Gasteiger partial charge in [0.2, 0.25) is 0 Å². The first kappa shape index (κ1) is 12.2. The van der Waals surface area contributed by atoms with Crippen molar-refractivity contribution in [1.29, 1.82) is 0 Å². The maximum Gasteiger partial charge on any atom is 0.410 e. The molecular weight excluding hydrogens is 225 g/mol. The van der Waals surface area contributed by atoms with E-state index in [1.165, 1.54) is 0 Å². The number of carbonyl (C=O) groups is 1. The molecule has 1 aliphatic rings. The predicted octanol–water partition coefficient (Wildman–Crippen LogP) is 0.905. The summed E-state index contributed by atoms with van der Waals surface area (Å²) in [4.78, 5) is 12.5. The van der Waals surface area contributed by atoms with Crippen molar-refractivity contribution in [3.63, 3.8) is 0 Å². The van der Waals surface area contributed by atoms with Crippen molar-refractivity contribution in [2.75, 3.05) is 13.1 Å². The monoisotopic (exact) mass is 239 g/mol. The molecule has 0 radical (unpaired) electrons. The minimum absolute atomic E-state index is 0.131. The molecule has 0 aromatic heterocycles. The lowest BCUT2D eigenvalue weighted by Crippen LogP contribution is -2.57. The molecule has 0 saturated carbocycles. The number of likely N-dealkylation sites (tertiary alicyclic amines) is 1. The lowest BCUT2D eigenvalue weighted by Gasteiger charge is -2.37. The number of carbonyl (C=O) groups excluding carboxylic acids is 1. The van der Waals surface area contributed by atoms with Crippen LogP contribution >= 0.6 is 0 Å². The second-order valence-corrected chi connectivity index (χ2v) is 6.10. The summed E-state index contributed by atoms with van der Waals surface area (Å²) in [5.41, 5.74) is -0.628. The highest BCUT2D eigenvalue weighted by Gasteiger charge is 2.41. The number of hydrogen-bond donors (Lipinski definition) is 0. The van der Waals surface area contributed by atoms with E-state index in [9.17, 15) is 17.1 Å². The van der Waals surface area contributed by atoms with E-state index in [-0.39, 0.29) is 13.1 Å². The second-order valence-electron chi connectivity index (χ2n) is 4.48. The lowest BCUT2D eigenvalue weighted by molar-refractivity contribution is 0.0137. The maximum absolute atomic E-state index is 12.4. The van der Waals surface area contributed by atoms with Crippen molar-refractivity contribution in [3.05, 3.63) is 0 Å². The second kappa shape index (κ2) is 3.62. The van der Waals surface area contributed by atoms with E-state index in [0.29, 0.717) is 0 Å². The van der Waals surface area contributed by atoms with Gasteiger partial charge in [0.15, 0.2) is 0 Å². The quantitative estimate of drug-likeness (QED) is 0.638. The van der Waals surface area contributed by atoms with Gasteiger partial charge in [0.25, 0.3) is 0 Å². The molecule has 0 atom stereocenters. The molecule has 15 heavy (non-hydrogen) atoms. The number of hydrogen-bond acceptors (Lipinski definition) is 4. The fraction of sp³-hybridized carbons (Fsp3) is 0.875. The average Bonchev–Trinajstić information content (AvgIpc) is 1.72. The standard InChI is InChI=1S/C8H14FNO4S/c1-8(2,3)14-7(11)10-4-6(5-10)15(9,12)13/h6H,4-5H2,1-3H3. The van der Waals surface area contributed by atoms with Crippen LogP contribution in [0.15, 0.2) is 0 Å². The molecule has 5 nitrogen and oxygen atoms in total. The largest absolute Gasteiger partial charge is 0.444 e. The predicted molar refractivity (Wildman–Crippen MR) is 51.6 cm³/mol. The highest BCUT2D eigenvalue weighted by Crippen LogP contribution is 2.20. The fourth-order valence-electron chi connectivity index (χ4n) is 1.09. The Morgan fingerprint density at radius 3 is 2.20 bits per heavy atom. The highest BCUT2D eigenvalue weighted by atomic mass is 32.3. The van der Waals surface area contributed by atoms with E-state index < -0.39 is 27.2 Å². The van der Waals surface area contributed by atoms with Crippen molar-refractivity contribution in [2.45, 2.75) is 31.6 Å². The zero-order valence-corrected chi connectivity index (χ0v) is 9.67. The van der Waals surface area contributed by atoms with E-state index in [4.69, 9.17) is 4.74 Å². The van der Waals surface area contributed by atoms with Crippen LogP contribution in [0.4, 0.5) is 8.68 Å². The van der Waals surface area contributed by atoms with Crippen LogP contribution in [0.2, 0.25) is 0 Å². The molecule has 1 aliphatic heterocycles. The normalized spacial score (nSPS) is 18.5. The molecule has 88 valence electrons. The summed E-state index contributed by atoms with van der Waals surface area (Å²) in [6.45, 7) is 4.84. The molecule has 0 spiro atoms. The van der Waals surface area contributed by atoms with Crippen molar-refractivity contribution in [3.8, 4) is 0 Å². The van der Waals surface area contributed by atoms with Crippen LogP contribution in [-0.4, -0.2) is 43.4 Å². The number of nitrogens with zero attached hydrogens (tertiary/aromatic N) is 1. The highest BCUT2D eigenvalue weighted by molar-refractivity contribution is 7.87. The Morgan fingerprint density at radius 1 is 1.40 bits per heavy atom. The van der Waals surface area contributed by atoms with Gasteiger partial charge < -0.3 is 9.64 Å². The minimum atomic E-state index is -4.53. The molecule has 1 saturated heterocycles. The Bertz CT molecular complexity index is 353. The van der Waals surface area contributed by atoms with Gasteiger partial charge in [0.05, 0.1) is 0 Å². The summed E-state index contributed by atoms with van der Waals surface area (Å²) >= 11 is 0. The summed E-state index contributed by atoms with van der Waals surface area (Å²) in [6, 6.07) is 0. The van der Waals surface area contributed by atoms with Gasteiger partial charge in [0, 0.05) is 13.1 Å². The average molecular weight is 239 g/mol. The van der Waals surface area contributed by atoms with Gasteiger partial charge in [0.1, 0.15) is 10.9 Å². The van der Waals surface area contributed by atoms with E-state index in [0.717, 1.165) is 4.90 Å². The molecule has 0 aromatic carbocycles. The molecule has 0 bridgehead atoms. The van der Waals surface area contributed by atoms with Crippen LogP contribution in [0.25, 0.3) is 0 Å². The SMILES string of the molecule is CC(C)(C)OC(=O)N1CC(S(=O)(=O)F)C1. The van der Waals surface area contributed by atoms with Crippen LogP contribution in [0.5, 0.6) is 0 Å². The van der Waals surface area contributed by atoms with Gasteiger partial charge in [-0.25, -0.2) is 4.79 Å². The number of halogens is 1. The third kappa shape index (κ3) is 3.33. The van der Waals surface area contributed by atoms with E-state index in [1.807, 2.05) is 0 Å². The van der Waals surface area contributed by atoms with E-state index in [2.05, 4.69) is 0 Å². The van der Waals surface area contributed by atoms with Gasteiger partial charge in [-0.3, -0.25) is 0 Å². The smallest absolute Gasteiger partial charge is 0.410 e. The first-order chi connectivity index (χ1) is 6.59. The van der Waals surface area contributed by atoms with Gasteiger partial charge in [-0.15, -0.1) is 3.89 Å². The zero-order chi connectivity index (χ0) is 11.9. The molecule has 0 unspecified atom stereocenters. The summed E-state index contributed by atoms with van der Waals surface area (Å²) in [7, 11) is -4.53. The van der Waals surface area contributed by atoms with Crippen molar-refractivity contribution in [2.24, 2.45) is 0 Å². The molecule has 7 heteroatoms. The van der Waals surface area contributed by atoms with Gasteiger partial charge >= 0.3 is 16.3 Å². The molecule has 0 aliphatic carbocycles. The zero-order valence-electron chi connectivity index (χ0n) is 8.86. The molecule has 1 rings (SSSR count). The first-order valence-electron chi connectivity index (χ1n) is 4.51. The van der Waals surface area contributed by atoms with Crippen molar-refractivity contribution < 1.29 is 21.8 Å². The third-order valence-electron chi connectivity index (χ3n) is 1.90. The Morgan fingerprint density at radius 2 is 1.87 bits per heavy atom. The molecule has 1 fully saturated rings. The Kier molecular flexibility index (Phi) is 2.95. The Labute approximate surface area is 88.4 Å². The van der Waals surface area contributed by atoms with Crippen LogP contribution in [0.3, 0.4) is 0 Å². The van der Waals surface area contributed by atoms with E-state index >= 15 is 0 Å². The third-order valence-corrected chi connectivity index (χ3v) is 2.99. The number of amides is 1. The first-order valence-corrected chi connectivity index (χ1v) is 5.95. The summed E-state index contributed by atoms with van der Waals surface area (Å²) in [5, 5.41) is -1.09. The summed E-state index contributed by atoms with van der Waals surface area (Å²) < 4.78 is 38.2. The van der Waals surface area contributed by atoms with Gasteiger partial charge in [-0.2, -0.15) is 8.42 Å². The topological polar surface area (TPSA) is 63.7 Å². The Hall–Kier alpha value is -0.850. The Balaban J connectivity index is 2.43. The molecule has 1 amide bonds. The van der Waals surface area contributed by atoms with Crippen LogP contribution in [0, 0.1) is 0 Å². The van der Waals surface area contributed by atoms with E-state index in [1.54, 1.807) is 20.8 Å². The summed E-state index contributed by atoms with van der Waals surface area (Å²) in [5.74, 6) is 0. The van der Waals surface area contributed by atoms with Crippen LogP contribution < -0.4 is 0 Å². The van der Waals surface area contributed by atoms with Crippen LogP contribution in [0.1, 0.15) is 20.8 Å². The van der Waals surface area contributed by atoms with Gasteiger partial charge in [-0.05, 0) is 20.8 Å². The minimum Gasteiger partial charge on any atom is -0.444 e. The van der Waals surface area contributed by atoms with Crippen LogP contribution in [-0.2, 0) is 15.0 Å². The van der Waals surface area contributed by atoms with Crippen molar-refractivity contribution in [1.82, 2.24) is 4.90 Å². The maximum atomic E-state index is 12.4. The van der Waals surface area contributed by atoms with Crippen molar-refractivity contribution >= 4 is 16.3 Å². The molecule has 0 aromatic rings. The van der Waals surface area contributed by atoms with Gasteiger partial charge in [-0.1, -0.05) is 0 Å². The number of ether oxygens (including phenoxy) is 1. The molecular formula is C8H14FNO4S.